The average molecular weight is 559 g/mol. The number of rotatable bonds is 6. The molecule has 2 aliphatic heterocycles. The maximum Gasteiger partial charge on any atom is 0.318 e. The van der Waals surface area contributed by atoms with Crippen molar-refractivity contribution in [3.8, 4) is 6.01 Å². The maximum atomic E-state index is 15.0. The molecule has 2 aliphatic rings. The number of methoxy groups -OCH3 is 1. The minimum absolute atomic E-state index is 0.00115. The number of ketones is 1. The Labute approximate surface area is 236 Å². The van der Waals surface area contributed by atoms with E-state index in [0.717, 1.165) is 35.5 Å². The van der Waals surface area contributed by atoms with Gasteiger partial charge >= 0.3 is 6.01 Å². The Bertz CT molecular complexity index is 1250. The van der Waals surface area contributed by atoms with Crippen molar-refractivity contribution in [1.29, 1.82) is 0 Å². The lowest BCUT2D eigenvalue weighted by Crippen LogP contribution is -2.37. The van der Waals surface area contributed by atoms with Crippen molar-refractivity contribution in [2.24, 2.45) is 10.7 Å². The quantitative estimate of drug-likeness (QED) is 0.499. The average Bonchev–Trinajstić information content (AvgIpc) is 3.18. The third kappa shape index (κ3) is 6.94. The van der Waals surface area contributed by atoms with Crippen molar-refractivity contribution in [3.05, 3.63) is 57.1 Å². The molecule has 3 heterocycles. The van der Waals surface area contributed by atoms with Gasteiger partial charge < -0.3 is 15.4 Å². The molecule has 2 N–H and O–H groups in total. The lowest BCUT2D eigenvalue weighted by atomic mass is 9.89. The van der Waals surface area contributed by atoms with Gasteiger partial charge in [0.15, 0.2) is 5.78 Å². The molecule has 1 atom stereocenters. The van der Waals surface area contributed by atoms with E-state index in [-0.39, 0.29) is 34.4 Å². The summed E-state index contributed by atoms with van der Waals surface area (Å²) < 4.78 is 20.5. The summed E-state index contributed by atoms with van der Waals surface area (Å²) in [7, 11) is 3.53. The van der Waals surface area contributed by atoms with Crippen LogP contribution in [0.5, 0.6) is 6.01 Å². The summed E-state index contributed by atoms with van der Waals surface area (Å²) in [4.78, 5) is 30.0. The summed E-state index contributed by atoms with van der Waals surface area (Å²) in [6.07, 6.45) is 3.30. The first-order valence-corrected chi connectivity index (χ1v) is 13.9. The van der Waals surface area contributed by atoms with Gasteiger partial charge in [-0.2, -0.15) is 9.97 Å². The number of hydrogen-bond donors (Lipinski definition) is 1. The fourth-order valence-electron chi connectivity index (χ4n) is 4.88. The molecule has 212 valence electrons. The van der Waals surface area contributed by atoms with E-state index in [9.17, 15) is 4.79 Å². The highest BCUT2D eigenvalue weighted by Gasteiger charge is 2.33. The van der Waals surface area contributed by atoms with Gasteiger partial charge in [-0.25, -0.2) is 4.39 Å². The van der Waals surface area contributed by atoms with E-state index >= 15 is 4.39 Å². The van der Waals surface area contributed by atoms with Crippen molar-refractivity contribution in [1.82, 2.24) is 14.9 Å². The van der Waals surface area contributed by atoms with Crippen LogP contribution >= 0.6 is 11.6 Å². The molecule has 0 bridgehead atoms. The largest absolute Gasteiger partial charge is 0.467 e. The molecule has 0 amide bonds. The molecule has 39 heavy (non-hydrogen) atoms. The van der Waals surface area contributed by atoms with Crippen LogP contribution in [0.1, 0.15) is 69.0 Å². The zero-order valence-corrected chi connectivity index (χ0v) is 24.6. The topological polar surface area (TPSA) is 96.9 Å². The monoisotopic (exact) mass is 558 g/mol. The van der Waals surface area contributed by atoms with Gasteiger partial charge in [-0.15, -0.1) is 0 Å². The van der Waals surface area contributed by atoms with E-state index in [4.69, 9.17) is 27.1 Å². The normalized spacial score (nSPS) is 18.2. The number of allylic oxidation sites excluding steroid dienone is 1. The lowest BCUT2D eigenvalue weighted by molar-refractivity contribution is -0.113. The highest BCUT2D eigenvalue weighted by atomic mass is 35.5. The Morgan fingerprint density at radius 3 is 2.59 bits per heavy atom. The van der Waals surface area contributed by atoms with Gasteiger partial charge in [0.05, 0.1) is 35.8 Å². The number of aryl methyl sites for hydroxylation is 1. The molecule has 0 spiro atoms. The molecule has 8 nitrogen and oxygen atoms in total. The summed E-state index contributed by atoms with van der Waals surface area (Å²) in [5, 5.41) is 0.174. The molecule has 0 fully saturated rings. The summed E-state index contributed by atoms with van der Waals surface area (Å²) in [5.74, 6) is 0.229. The Hall–Kier alpha value is -3.04. The van der Waals surface area contributed by atoms with Crippen LogP contribution in [0.3, 0.4) is 0 Å². The fourth-order valence-corrected chi connectivity index (χ4v) is 5.13. The molecular formula is C29H40ClFN6O2. The van der Waals surface area contributed by atoms with Crippen molar-refractivity contribution >= 4 is 28.9 Å². The van der Waals surface area contributed by atoms with Gasteiger partial charge in [0.1, 0.15) is 11.6 Å². The van der Waals surface area contributed by atoms with E-state index in [1.165, 1.54) is 26.5 Å². The van der Waals surface area contributed by atoms with Crippen molar-refractivity contribution in [2.75, 3.05) is 38.7 Å². The first-order valence-electron chi connectivity index (χ1n) is 13.5. The molecular weight excluding hydrogens is 519 g/mol. The zero-order chi connectivity index (χ0) is 28.7. The van der Waals surface area contributed by atoms with E-state index in [1.807, 2.05) is 20.0 Å². The van der Waals surface area contributed by atoms with Gasteiger partial charge in [0.2, 0.25) is 0 Å². The summed E-state index contributed by atoms with van der Waals surface area (Å²) >= 11 is 6.46. The standard InChI is InChI=1S/C26H32ClFN6O2.C3H8/c1-5-16-8-6-9-18(28)22(16)21-12-19-17(13-33(21)3)25(32-26(31-19)36-4)34-11-7-10-30-20(14-34)23(27)24(29)15(2)35;1-3-2/h6,8-9,21H,5,7,10-14,29H2,1-4H3;3H2,1-2H3/b24-23+;. The van der Waals surface area contributed by atoms with Crippen LogP contribution < -0.4 is 15.4 Å². The number of halogens is 2. The molecule has 2 aromatic rings. The lowest BCUT2D eigenvalue weighted by Gasteiger charge is -2.37. The SMILES string of the molecule is CCC.CCc1cccc(F)c1C1Cc2nc(OC)nc(N3CCCN=C(/C(Cl)=C(\N)C(C)=O)C3)c2CN1C. The number of Topliss-reactive ketones (excluding diaryl/α,β-unsaturated/α-hetero) is 1. The first kappa shape index (κ1) is 30.5. The van der Waals surface area contributed by atoms with Gasteiger partial charge in [-0.05, 0) is 31.5 Å². The summed E-state index contributed by atoms with van der Waals surface area (Å²) in [5.41, 5.74) is 9.98. The Morgan fingerprint density at radius 1 is 1.23 bits per heavy atom. The van der Waals surface area contributed by atoms with Crippen molar-refractivity contribution in [3.63, 3.8) is 0 Å². The fraction of sp³-hybridized carbons (Fsp3) is 0.517. The zero-order valence-electron chi connectivity index (χ0n) is 23.9. The molecule has 1 aromatic carbocycles. The number of hydrogen-bond acceptors (Lipinski definition) is 8. The smallest absolute Gasteiger partial charge is 0.318 e. The van der Waals surface area contributed by atoms with Crippen LogP contribution in [-0.2, 0) is 24.2 Å². The van der Waals surface area contributed by atoms with Gasteiger partial charge in [-0.1, -0.05) is 50.9 Å². The highest BCUT2D eigenvalue weighted by Crippen LogP contribution is 2.38. The van der Waals surface area contributed by atoms with E-state index in [2.05, 4.69) is 33.6 Å². The predicted molar refractivity (Wildman–Crippen MR) is 155 cm³/mol. The van der Waals surface area contributed by atoms with Crippen LogP contribution in [0.15, 0.2) is 33.9 Å². The van der Waals surface area contributed by atoms with Crippen molar-refractivity contribution in [2.45, 2.75) is 66.0 Å². The number of carbonyl (C=O) groups excluding carboxylic acids is 1. The molecule has 1 unspecified atom stereocenters. The minimum Gasteiger partial charge on any atom is -0.467 e. The third-order valence-electron chi connectivity index (χ3n) is 6.81. The van der Waals surface area contributed by atoms with Crippen LogP contribution in [0.2, 0.25) is 0 Å². The number of carbonyl (C=O) groups is 1. The number of anilines is 1. The highest BCUT2D eigenvalue weighted by molar-refractivity contribution is 6.45. The number of nitrogens with two attached hydrogens (primary N) is 1. The molecule has 4 rings (SSSR count). The van der Waals surface area contributed by atoms with Gasteiger partial charge in [0, 0.05) is 50.1 Å². The number of likely N-dealkylation sites (N-methyl/N-ethyl adjacent to an activating group) is 1. The minimum atomic E-state index is -0.299. The molecule has 0 aliphatic carbocycles. The van der Waals surface area contributed by atoms with Crippen LogP contribution in [0.25, 0.3) is 0 Å². The number of aliphatic imine (C=N–C) groups is 1. The van der Waals surface area contributed by atoms with E-state index in [1.54, 1.807) is 6.07 Å². The number of nitrogens with zero attached hydrogens (tertiary/aromatic N) is 5. The molecule has 10 heteroatoms. The van der Waals surface area contributed by atoms with E-state index in [0.29, 0.717) is 43.9 Å². The second kappa shape index (κ2) is 13.8. The number of aromatic nitrogens is 2. The van der Waals surface area contributed by atoms with Crippen LogP contribution in [-0.4, -0.2) is 60.2 Å². The first-order chi connectivity index (χ1) is 18.7. The predicted octanol–water partition coefficient (Wildman–Crippen LogP) is 4.98. The molecule has 1 aromatic heterocycles. The number of ether oxygens (including phenoxy) is 1. The van der Waals surface area contributed by atoms with Crippen molar-refractivity contribution < 1.29 is 13.9 Å². The maximum absolute atomic E-state index is 15.0. The van der Waals surface area contributed by atoms with Gasteiger partial charge in [0.25, 0.3) is 0 Å². The Morgan fingerprint density at radius 2 is 1.95 bits per heavy atom. The van der Waals surface area contributed by atoms with Gasteiger partial charge in [-0.3, -0.25) is 14.7 Å². The summed E-state index contributed by atoms with van der Waals surface area (Å²) in [6, 6.07) is 5.36. The van der Waals surface area contributed by atoms with Crippen LogP contribution in [0, 0.1) is 5.82 Å². The summed E-state index contributed by atoms with van der Waals surface area (Å²) in [6.45, 7) is 9.80. The Balaban J connectivity index is 0.00000134. The second-order valence-corrected chi connectivity index (χ2v) is 10.2. The third-order valence-corrected chi connectivity index (χ3v) is 7.24. The van der Waals surface area contributed by atoms with Crippen LogP contribution in [0.4, 0.5) is 10.2 Å². The second-order valence-electron chi connectivity index (χ2n) is 9.85. The number of fused-ring (bicyclic) bond motifs is 1. The Kier molecular flexibility index (Phi) is 10.8. The molecule has 0 radical (unpaired) electrons. The van der Waals surface area contributed by atoms with E-state index < -0.39 is 0 Å². The molecule has 0 saturated heterocycles. The number of benzene rings is 1. The molecule has 0 saturated carbocycles.